The highest BCUT2D eigenvalue weighted by Gasteiger charge is 2.14. The van der Waals surface area contributed by atoms with E-state index in [2.05, 4.69) is 19.2 Å². The van der Waals surface area contributed by atoms with E-state index in [1.165, 1.54) is 0 Å². The maximum atomic E-state index is 12.3. The lowest BCUT2D eigenvalue weighted by Gasteiger charge is -2.16. The van der Waals surface area contributed by atoms with Gasteiger partial charge >= 0.3 is 0 Å². The van der Waals surface area contributed by atoms with Crippen molar-refractivity contribution >= 4 is 10.8 Å². The summed E-state index contributed by atoms with van der Waals surface area (Å²) >= 11 is 0. The Kier molecular flexibility index (Phi) is 6.22. The Labute approximate surface area is 106 Å². The predicted molar refractivity (Wildman–Crippen MR) is 72.0 cm³/mol. The number of ether oxygens (including phenoxy) is 1. The summed E-state index contributed by atoms with van der Waals surface area (Å²) in [6.07, 6.45) is 0.981. The minimum Gasteiger partial charge on any atom is -0.495 e. The Balaban J connectivity index is 2.75. The lowest BCUT2D eigenvalue weighted by Crippen LogP contribution is -2.33. The molecule has 0 radical (unpaired) electrons. The van der Waals surface area contributed by atoms with Crippen LogP contribution in [0.3, 0.4) is 0 Å². The molecule has 0 aliphatic rings. The fourth-order valence-corrected chi connectivity index (χ4v) is 3.19. The summed E-state index contributed by atoms with van der Waals surface area (Å²) in [7, 11) is 0.595. The fraction of sp³-hybridized carbons (Fsp3) is 0.538. The van der Waals surface area contributed by atoms with E-state index in [4.69, 9.17) is 4.74 Å². The number of benzene rings is 1. The summed E-state index contributed by atoms with van der Waals surface area (Å²) < 4.78 is 17.5. The van der Waals surface area contributed by atoms with Crippen LogP contribution in [0.5, 0.6) is 5.75 Å². The van der Waals surface area contributed by atoms with Gasteiger partial charge in [-0.15, -0.1) is 0 Å². The van der Waals surface area contributed by atoms with E-state index in [0.717, 1.165) is 17.9 Å². The van der Waals surface area contributed by atoms with Crippen molar-refractivity contribution in [1.82, 2.24) is 5.32 Å². The van der Waals surface area contributed by atoms with Gasteiger partial charge in [-0.05, 0) is 25.1 Å². The molecule has 17 heavy (non-hydrogen) atoms. The normalized spacial score (nSPS) is 14.3. The molecule has 0 spiro atoms. The van der Waals surface area contributed by atoms with E-state index in [0.29, 0.717) is 17.5 Å². The SMILES string of the molecule is CCNC(CC)CS(=O)c1ccccc1OC. The highest BCUT2D eigenvalue weighted by Crippen LogP contribution is 2.21. The van der Waals surface area contributed by atoms with Gasteiger partial charge in [0.2, 0.25) is 0 Å². The Morgan fingerprint density at radius 3 is 2.65 bits per heavy atom. The molecule has 3 nitrogen and oxygen atoms in total. The first-order chi connectivity index (χ1) is 8.22. The van der Waals surface area contributed by atoms with Crippen LogP contribution in [-0.4, -0.2) is 29.7 Å². The molecule has 0 saturated heterocycles. The molecule has 2 atom stereocenters. The van der Waals surface area contributed by atoms with Crippen LogP contribution >= 0.6 is 0 Å². The number of methoxy groups -OCH3 is 1. The first-order valence-electron chi connectivity index (χ1n) is 5.97. The minimum atomic E-state index is -1.01. The van der Waals surface area contributed by atoms with Crippen LogP contribution in [-0.2, 0) is 10.8 Å². The molecule has 0 heterocycles. The standard InChI is InChI=1S/C13H21NO2S/c1-4-11(14-5-2)10-17(15)13-9-7-6-8-12(13)16-3/h6-9,11,14H,4-5,10H2,1-3H3. The van der Waals surface area contributed by atoms with Crippen LogP contribution in [0.4, 0.5) is 0 Å². The maximum absolute atomic E-state index is 12.3. The third kappa shape index (κ3) is 4.13. The Morgan fingerprint density at radius 1 is 1.35 bits per heavy atom. The number of rotatable bonds is 7. The zero-order valence-corrected chi connectivity index (χ0v) is 11.5. The lowest BCUT2D eigenvalue weighted by atomic mass is 10.2. The molecule has 1 N–H and O–H groups in total. The Morgan fingerprint density at radius 2 is 2.06 bits per heavy atom. The highest BCUT2D eigenvalue weighted by atomic mass is 32.2. The second kappa shape index (κ2) is 7.45. The topological polar surface area (TPSA) is 38.3 Å². The largest absolute Gasteiger partial charge is 0.495 e. The van der Waals surface area contributed by atoms with E-state index in [1.807, 2.05) is 24.3 Å². The van der Waals surface area contributed by atoms with Gasteiger partial charge in [0.1, 0.15) is 5.75 Å². The van der Waals surface area contributed by atoms with Crippen molar-refractivity contribution in [1.29, 1.82) is 0 Å². The average molecular weight is 255 g/mol. The van der Waals surface area contributed by atoms with E-state index in [-0.39, 0.29) is 0 Å². The van der Waals surface area contributed by atoms with Gasteiger partial charge in [0, 0.05) is 11.8 Å². The van der Waals surface area contributed by atoms with Crippen molar-refractivity contribution in [3.05, 3.63) is 24.3 Å². The second-order valence-corrected chi connectivity index (χ2v) is 5.29. The molecule has 1 aromatic rings. The number of hydrogen-bond acceptors (Lipinski definition) is 3. The number of hydrogen-bond donors (Lipinski definition) is 1. The number of nitrogens with one attached hydrogen (secondary N) is 1. The molecule has 0 aliphatic heterocycles. The summed E-state index contributed by atoms with van der Waals surface area (Å²) in [6, 6.07) is 7.80. The summed E-state index contributed by atoms with van der Waals surface area (Å²) in [6.45, 7) is 5.07. The van der Waals surface area contributed by atoms with Gasteiger partial charge in [-0.3, -0.25) is 4.21 Å². The summed E-state index contributed by atoms with van der Waals surface area (Å²) in [5, 5.41) is 3.34. The molecule has 0 aliphatic carbocycles. The van der Waals surface area contributed by atoms with E-state index >= 15 is 0 Å². The van der Waals surface area contributed by atoms with Gasteiger partial charge in [-0.1, -0.05) is 26.0 Å². The van der Waals surface area contributed by atoms with E-state index < -0.39 is 10.8 Å². The first kappa shape index (κ1) is 14.2. The molecule has 0 amide bonds. The third-order valence-electron chi connectivity index (χ3n) is 2.65. The molecule has 1 rings (SSSR count). The van der Waals surface area contributed by atoms with Crippen molar-refractivity contribution < 1.29 is 8.95 Å². The van der Waals surface area contributed by atoms with Crippen molar-refractivity contribution in [3.8, 4) is 5.75 Å². The van der Waals surface area contributed by atoms with Crippen LogP contribution in [0, 0.1) is 0 Å². The predicted octanol–water partition coefficient (Wildman–Crippen LogP) is 2.19. The zero-order valence-electron chi connectivity index (χ0n) is 10.7. The molecule has 4 heteroatoms. The van der Waals surface area contributed by atoms with Crippen LogP contribution in [0.25, 0.3) is 0 Å². The van der Waals surface area contributed by atoms with E-state index in [9.17, 15) is 4.21 Å². The summed E-state index contributed by atoms with van der Waals surface area (Å²) in [4.78, 5) is 0.784. The molecular weight excluding hydrogens is 234 g/mol. The minimum absolute atomic E-state index is 0.297. The molecular formula is C13H21NO2S. The molecule has 0 fully saturated rings. The van der Waals surface area contributed by atoms with Crippen LogP contribution in [0.1, 0.15) is 20.3 Å². The molecule has 1 aromatic carbocycles. The van der Waals surface area contributed by atoms with Gasteiger partial charge < -0.3 is 10.1 Å². The molecule has 2 unspecified atom stereocenters. The van der Waals surface area contributed by atoms with Gasteiger partial charge in [0.15, 0.2) is 0 Å². The molecule has 0 bridgehead atoms. The second-order valence-electron chi connectivity index (χ2n) is 3.83. The quantitative estimate of drug-likeness (QED) is 0.811. The summed E-state index contributed by atoms with van der Waals surface area (Å²) in [5.41, 5.74) is 0. The third-order valence-corrected chi connectivity index (χ3v) is 4.19. The van der Waals surface area contributed by atoms with Gasteiger partial charge in [0.05, 0.1) is 22.8 Å². The Hall–Kier alpha value is -0.870. The fourth-order valence-electron chi connectivity index (χ4n) is 1.69. The van der Waals surface area contributed by atoms with Crippen molar-refractivity contribution in [3.63, 3.8) is 0 Å². The summed E-state index contributed by atoms with van der Waals surface area (Å²) in [5.74, 6) is 1.34. The average Bonchev–Trinajstić information content (AvgIpc) is 2.38. The van der Waals surface area contributed by atoms with Crippen molar-refractivity contribution in [2.75, 3.05) is 19.4 Å². The smallest absolute Gasteiger partial charge is 0.134 e. The van der Waals surface area contributed by atoms with Gasteiger partial charge in [-0.2, -0.15) is 0 Å². The number of para-hydroxylation sites is 1. The first-order valence-corrected chi connectivity index (χ1v) is 7.29. The van der Waals surface area contributed by atoms with Crippen LogP contribution in [0.15, 0.2) is 29.2 Å². The van der Waals surface area contributed by atoms with Crippen molar-refractivity contribution in [2.24, 2.45) is 0 Å². The Bertz CT molecular complexity index is 368. The molecule has 0 aromatic heterocycles. The van der Waals surface area contributed by atoms with Crippen LogP contribution in [0.2, 0.25) is 0 Å². The molecule has 0 saturated carbocycles. The van der Waals surface area contributed by atoms with Gasteiger partial charge in [0.25, 0.3) is 0 Å². The monoisotopic (exact) mass is 255 g/mol. The zero-order chi connectivity index (χ0) is 12.7. The van der Waals surface area contributed by atoms with E-state index in [1.54, 1.807) is 7.11 Å². The lowest BCUT2D eigenvalue weighted by molar-refractivity contribution is 0.404. The van der Waals surface area contributed by atoms with Crippen LogP contribution < -0.4 is 10.1 Å². The highest BCUT2D eigenvalue weighted by molar-refractivity contribution is 7.85. The van der Waals surface area contributed by atoms with Crippen molar-refractivity contribution in [2.45, 2.75) is 31.2 Å². The maximum Gasteiger partial charge on any atom is 0.134 e. The molecule has 96 valence electrons. The van der Waals surface area contributed by atoms with Gasteiger partial charge in [-0.25, -0.2) is 0 Å².